The van der Waals surface area contributed by atoms with E-state index in [0.29, 0.717) is 0 Å². The quantitative estimate of drug-likeness (QED) is 0.333. The zero-order valence-corrected chi connectivity index (χ0v) is 16.7. The average molecular weight is 383 g/mol. The molecule has 3 heteroatoms. The van der Waals surface area contributed by atoms with E-state index < -0.39 is 0 Å². The van der Waals surface area contributed by atoms with Crippen LogP contribution in [0.2, 0.25) is 0 Å². The molecule has 0 heterocycles. The number of unbranched alkanes of at least 4 members (excludes halogenated alkanes) is 3. The van der Waals surface area contributed by atoms with Crippen LogP contribution in [0.1, 0.15) is 38.2 Å². The van der Waals surface area contributed by atoms with Gasteiger partial charge in [-0.3, -0.25) is 0 Å². The first-order valence-corrected chi connectivity index (χ1v) is 7.71. The fourth-order valence-corrected chi connectivity index (χ4v) is 2.41. The van der Waals surface area contributed by atoms with Crippen molar-refractivity contribution in [3.05, 3.63) is 72.3 Å². The second kappa shape index (κ2) is 15.0. The van der Waals surface area contributed by atoms with Crippen molar-refractivity contribution in [3.63, 3.8) is 0 Å². The fourth-order valence-electron chi connectivity index (χ4n) is 2.41. The van der Waals surface area contributed by atoms with Crippen LogP contribution in [0.4, 0.5) is 0 Å². The van der Waals surface area contributed by atoms with Gasteiger partial charge in [-0.15, -0.1) is 29.7 Å². The van der Waals surface area contributed by atoms with Gasteiger partial charge in [0.05, 0.1) is 0 Å². The average Bonchev–Trinajstić information content (AvgIpc) is 3.15. The molecule has 3 aromatic rings. The van der Waals surface area contributed by atoms with E-state index in [1.807, 2.05) is 0 Å². The van der Waals surface area contributed by atoms with E-state index in [2.05, 4.69) is 73.7 Å². The van der Waals surface area contributed by atoms with Crippen molar-refractivity contribution in [2.75, 3.05) is 0 Å². The van der Waals surface area contributed by atoms with Gasteiger partial charge >= 0.3 is 21.7 Å². The van der Waals surface area contributed by atoms with E-state index in [-0.39, 0.29) is 46.5 Å². The fraction of sp³-hybridized carbons (Fsp3) is 0.300. The van der Waals surface area contributed by atoms with Crippen LogP contribution in [-0.2, 0) is 28.1 Å². The molecule has 0 nitrogen and oxygen atoms in total. The van der Waals surface area contributed by atoms with Gasteiger partial charge in [-0.2, -0.15) is 35.2 Å². The number of rotatable bonds is 5. The van der Waals surface area contributed by atoms with Crippen LogP contribution in [-0.4, -0.2) is 0 Å². The summed E-state index contributed by atoms with van der Waals surface area (Å²) in [6.45, 7) is 2.25. The SMILES string of the molecule is CCCCCC[c-]1cccc1.[Cl-].[Cl-].[Ti+4].c1ccc2[cH-]ccc2c1. The number of aryl methyl sites for hydroxylation is 1. The summed E-state index contributed by atoms with van der Waals surface area (Å²) in [7, 11) is 0. The first-order valence-electron chi connectivity index (χ1n) is 7.71. The molecule has 0 saturated heterocycles. The predicted octanol–water partition coefficient (Wildman–Crippen LogP) is 0.0925. The van der Waals surface area contributed by atoms with E-state index in [1.54, 1.807) is 0 Å². The van der Waals surface area contributed by atoms with Crippen molar-refractivity contribution in [1.29, 1.82) is 0 Å². The summed E-state index contributed by atoms with van der Waals surface area (Å²) in [5.74, 6) is 0. The van der Waals surface area contributed by atoms with Crippen molar-refractivity contribution in [1.82, 2.24) is 0 Å². The molecule has 0 radical (unpaired) electrons. The standard InChI is InChI=1S/C11H17.C9H7.2ClH.Ti/c1-2-3-4-5-8-11-9-6-7-10-11;1-2-5-9-7-3-6-8(9)4-1;;;/h6-7,9-10H,2-5,8H2,1H3;1-7H;2*1H;/q2*-1;;;+4/p-2. The van der Waals surface area contributed by atoms with Crippen LogP contribution in [0.25, 0.3) is 10.8 Å². The first-order chi connectivity index (χ1) is 9.90. The molecule has 0 aliphatic rings. The van der Waals surface area contributed by atoms with Crippen molar-refractivity contribution in [2.24, 2.45) is 0 Å². The van der Waals surface area contributed by atoms with Gasteiger partial charge in [0.15, 0.2) is 0 Å². The van der Waals surface area contributed by atoms with Gasteiger partial charge in [-0.05, 0) is 0 Å². The Bertz CT molecular complexity index is 554. The third-order valence-corrected chi connectivity index (χ3v) is 3.60. The van der Waals surface area contributed by atoms with E-state index in [4.69, 9.17) is 0 Å². The molecule has 0 bridgehead atoms. The van der Waals surface area contributed by atoms with Crippen LogP contribution >= 0.6 is 0 Å². The zero-order chi connectivity index (χ0) is 14.0. The Hall–Kier alpha value is -0.526. The van der Waals surface area contributed by atoms with Crippen molar-refractivity contribution in [3.8, 4) is 0 Å². The normalized spacial score (nSPS) is 8.91. The third-order valence-electron chi connectivity index (χ3n) is 3.60. The summed E-state index contributed by atoms with van der Waals surface area (Å²) in [6.07, 6.45) is 6.74. The number of halogens is 2. The molecule has 23 heavy (non-hydrogen) atoms. The minimum atomic E-state index is 0. The second-order valence-corrected chi connectivity index (χ2v) is 5.26. The minimum Gasteiger partial charge on any atom is -1.00 e. The maximum Gasteiger partial charge on any atom is 4.00 e. The van der Waals surface area contributed by atoms with Crippen LogP contribution < -0.4 is 24.8 Å². The molecule has 0 saturated carbocycles. The van der Waals surface area contributed by atoms with E-state index in [0.717, 1.165) is 0 Å². The number of hydrogen-bond acceptors (Lipinski definition) is 0. The molecular weight excluding hydrogens is 359 g/mol. The Morgan fingerprint density at radius 3 is 2.22 bits per heavy atom. The van der Waals surface area contributed by atoms with Crippen LogP contribution in [0.5, 0.6) is 0 Å². The van der Waals surface area contributed by atoms with Gasteiger partial charge in [-0.1, -0.05) is 45.1 Å². The Balaban J connectivity index is 0. The topological polar surface area (TPSA) is 0 Å². The molecule has 3 aromatic carbocycles. The molecule has 0 fully saturated rings. The number of benzene rings is 1. The van der Waals surface area contributed by atoms with Crippen molar-refractivity contribution < 1.29 is 46.5 Å². The summed E-state index contributed by atoms with van der Waals surface area (Å²) in [4.78, 5) is 0. The van der Waals surface area contributed by atoms with E-state index in [9.17, 15) is 0 Å². The molecule has 0 unspecified atom stereocenters. The Labute approximate surface area is 168 Å². The van der Waals surface area contributed by atoms with Crippen LogP contribution in [0.15, 0.2) is 66.7 Å². The van der Waals surface area contributed by atoms with Gasteiger partial charge in [-0.25, -0.2) is 12.1 Å². The first kappa shape index (κ1) is 24.7. The molecule has 0 aliphatic carbocycles. The number of hydrogen-bond donors (Lipinski definition) is 0. The zero-order valence-electron chi connectivity index (χ0n) is 13.6. The molecule has 0 amide bonds. The van der Waals surface area contributed by atoms with Crippen molar-refractivity contribution >= 4 is 10.8 Å². The Morgan fingerprint density at radius 1 is 0.870 bits per heavy atom. The summed E-state index contributed by atoms with van der Waals surface area (Å²) >= 11 is 0. The molecule has 0 aliphatic heterocycles. The Morgan fingerprint density at radius 2 is 1.57 bits per heavy atom. The summed E-state index contributed by atoms with van der Waals surface area (Å²) in [5.41, 5.74) is 1.50. The van der Waals surface area contributed by atoms with Crippen molar-refractivity contribution in [2.45, 2.75) is 39.0 Å². The predicted molar refractivity (Wildman–Crippen MR) is 89.4 cm³/mol. The third kappa shape index (κ3) is 9.37. The van der Waals surface area contributed by atoms with Gasteiger partial charge < -0.3 is 24.8 Å². The van der Waals surface area contributed by atoms with Gasteiger partial charge in [0, 0.05) is 0 Å². The molecule has 0 spiro atoms. The molecule has 122 valence electrons. The van der Waals surface area contributed by atoms with Gasteiger partial charge in [0.1, 0.15) is 0 Å². The molecule has 3 rings (SSSR count). The maximum absolute atomic E-state index is 2.25. The molecule has 0 aromatic heterocycles. The summed E-state index contributed by atoms with van der Waals surface area (Å²) in [6, 6.07) is 23.3. The van der Waals surface area contributed by atoms with Crippen LogP contribution in [0, 0.1) is 0 Å². The monoisotopic (exact) mass is 382 g/mol. The summed E-state index contributed by atoms with van der Waals surface area (Å²) < 4.78 is 0. The van der Waals surface area contributed by atoms with Crippen LogP contribution in [0.3, 0.4) is 0 Å². The van der Waals surface area contributed by atoms with E-state index in [1.165, 1.54) is 48.4 Å². The minimum absolute atomic E-state index is 0. The van der Waals surface area contributed by atoms with Gasteiger partial charge in [0.2, 0.25) is 0 Å². The second-order valence-electron chi connectivity index (χ2n) is 5.26. The summed E-state index contributed by atoms with van der Waals surface area (Å²) in [5, 5.41) is 2.66. The maximum atomic E-state index is 2.25. The largest absolute Gasteiger partial charge is 4.00 e. The Kier molecular flexibility index (Phi) is 16.2. The molecule has 0 N–H and O–H groups in total. The smallest absolute Gasteiger partial charge is 1.00 e. The number of fused-ring (bicyclic) bond motifs is 1. The molecule has 0 atom stereocenters. The van der Waals surface area contributed by atoms with Gasteiger partial charge in [0.25, 0.3) is 0 Å². The molecular formula is C20H24Cl2Ti. The van der Waals surface area contributed by atoms with E-state index >= 15 is 0 Å².